The molecule has 0 aliphatic rings. The Morgan fingerprint density at radius 1 is 1.17 bits per heavy atom. The lowest BCUT2D eigenvalue weighted by Crippen LogP contribution is -2.16. The van der Waals surface area contributed by atoms with E-state index in [1.807, 2.05) is 6.92 Å². The molecular weight excluding hydrogens is 390 g/mol. The summed E-state index contributed by atoms with van der Waals surface area (Å²) in [4.78, 5) is 3.93. The fourth-order valence-corrected chi connectivity index (χ4v) is 4.11. The maximum absolute atomic E-state index is 13.4. The maximum Gasteiger partial charge on any atom is 0.279 e. The van der Waals surface area contributed by atoms with E-state index in [1.54, 1.807) is 18.2 Å². The van der Waals surface area contributed by atoms with Crippen molar-refractivity contribution in [1.29, 1.82) is 0 Å². The van der Waals surface area contributed by atoms with Gasteiger partial charge in [-0.15, -0.1) is 0 Å². The molecule has 0 N–H and O–H groups in total. The lowest BCUT2D eigenvalue weighted by molar-refractivity contribution is 0.145. The Labute approximate surface area is 139 Å². The van der Waals surface area contributed by atoms with Crippen LogP contribution in [0, 0.1) is 6.92 Å². The highest BCUT2D eigenvalue weighted by atomic mass is 79.9. The second-order valence-corrected chi connectivity index (χ2v) is 7.72. The van der Waals surface area contributed by atoms with E-state index >= 15 is 0 Å². The largest absolute Gasteiger partial charge is 0.279 e. The van der Waals surface area contributed by atoms with Crippen LogP contribution in [0.15, 0.2) is 52.0 Å². The molecule has 0 aliphatic carbocycles. The van der Waals surface area contributed by atoms with E-state index in [9.17, 15) is 17.2 Å². The Balaban J connectivity index is 2.33. The van der Waals surface area contributed by atoms with Gasteiger partial charge < -0.3 is 0 Å². The van der Waals surface area contributed by atoms with Crippen molar-refractivity contribution in [2.24, 2.45) is 0 Å². The van der Waals surface area contributed by atoms with E-state index in [4.69, 9.17) is 0 Å². The summed E-state index contributed by atoms with van der Waals surface area (Å²) in [6.07, 6.45) is -1.57. The smallest absolute Gasteiger partial charge is 0.236 e. The van der Waals surface area contributed by atoms with E-state index in [0.717, 1.165) is 11.6 Å². The van der Waals surface area contributed by atoms with Crippen LogP contribution < -0.4 is 0 Å². The molecule has 8 heteroatoms. The zero-order valence-electron chi connectivity index (χ0n) is 11.9. The number of rotatable bonds is 3. The van der Waals surface area contributed by atoms with Crippen LogP contribution in [0.2, 0.25) is 0 Å². The van der Waals surface area contributed by atoms with Crippen molar-refractivity contribution >= 4 is 37.0 Å². The number of benzene rings is 1. The van der Waals surface area contributed by atoms with E-state index in [2.05, 4.69) is 20.9 Å². The maximum atomic E-state index is 13.4. The molecule has 2 heterocycles. The average molecular weight is 401 g/mol. The summed E-state index contributed by atoms with van der Waals surface area (Å²) in [5.41, 5.74) is 0.243. The number of nitrogens with zero attached hydrogens (tertiary/aromatic N) is 2. The first kappa shape index (κ1) is 16.1. The first-order chi connectivity index (χ1) is 10.8. The number of fused-ring (bicyclic) bond motifs is 1. The normalized spacial score (nSPS) is 12.2. The van der Waals surface area contributed by atoms with Gasteiger partial charge in [-0.3, -0.25) is 0 Å². The summed E-state index contributed by atoms with van der Waals surface area (Å²) < 4.78 is 53.5. The molecular formula is C15H11BrF2N2O2S. The number of aryl methyl sites for hydroxylation is 1. The minimum Gasteiger partial charge on any atom is -0.236 e. The van der Waals surface area contributed by atoms with Crippen LogP contribution in [0.25, 0.3) is 11.0 Å². The molecule has 0 amide bonds. The Hall–Kier alpha value is -1.80. The topological polar surface area (TPSA) is 52.0 Å². The van der Waals surface area contributed by atoms with Gasteiger partial charge in [-0.1, -0.05) is 17.7 Å². The Morgan fingerprint density at radius 3 is 2.43 bits per heavy atom. The molecule has 0 aliphatic heterocycles. The molecule has 4 nitrogen and oxygen atoms in total. The minimum absolute atomic E-state index is 0.0240. The highest BCUT2D eigenvalue weighted by Gasteiger charge is 2.27. The lowest BCUT2D eigenvalue weighted by atomic mass is 10.2. The number of alkyl halides is 2. The zero-order chi connectivity index (χ0) is 16.8. The van der Waals surface area contributed by atoms with E-state index < -0.39 is 22.1 Å². The van der Waals surface area contributed by atoms with E-state index in [1.165, 1.54) is 18.3 Å². The Morgan fingerprint density at radius 2 is 1.83 bits per heavy atom. The van der Waals surface area contributed by atoms with Gasteiger partial charge in [0.15, 0.2) is 5.65 Å². The monoisotopic (exact) mass is 400 g/mol. The summed E-state index contributed by atoms with van der Waals surface area (Å²) in [6.45, 7) is 1.81. The Bertz CT molecular complexity index is 983. The van der Waals surface area contributed by atoms with Crippen molar-refractivity contribution in [1.82, 2.24) is 8.96 Å². The summed E-state index contributed by atoms with van der Waals surface area (Å²) in [5, 5.41) is 0.324. The highest BCUT2D eigenvalue weighted by molar-refractivity contribution is 9.10. The summed E-state index contributed by atoms with van der Waals surface area (Å²) in [5.74, 6) is 0. The van der Waals surface area contributed by atoms with Crippen molar-refractivity contribution < 1.29 is 17.2 Å². The van der Waals surface area contributed by atoms with Crippen LogP contribution >= 0.6 is 15.9 Å². The highest BCUT2D eigenvalue weighted by Crippen LogP contribution is 2.31. The average Bonchev–Trinajstić information content (AvgIpc) is 2.87. The first-order valence-electron chi connectivity index (χ1n) is 6.58. The molecule has 0 atom stereocenters. The predicted octanol–water partition coefficient (Wildman–Crippen LogP) is 4.28. The molecule has 0 saturated carbocycles. The fraction of sp³-hybridized carbons (Fsp3) is 0.133. The summed E-state index contributed by atoms with van der Waals surface area (Å²) in [7, 11) is -4.17. The van der Waals surface area contributed by atoms with Gasteiger partial charge in [0.05, 0.1) is 4.90 Å². The number of halogens is 3. The van der Waals surface area contributed by atoms with Gasteiger partial charge in [0.1, 0.15) is 5.69 Å². The SMILES string of the molecule is Cc1ccc(S(=O)(=O)n2c(C(F)F)cc3cc(Br)cnc32)cc1. The number of hydrogen-bond acceptors (Lipinski definition) is 3. The molecule has 0 bridgehead atoms. The summed E-state index contributed by atoms with van der Waals surface area (Å²) in [6, 6.07) is 8.71. The first-order valence-corrected chi connectivity index (χ1v) is 8.81. The van der Waals surface area contributed by atoms with Gasteiger partial charge in [-0.05, 0) is 47.1 Å². The van der Waals surface area contributed by atoms with Crippen LogP contribution in [-0.4, -0.2) is 17.4 Å². The third kappa shape index (κ3) is 2.76. The molecule has 1 aromatic carbocycles. The molecule has 0 radical (unpaired) electrons. The van der Waals surface area contributed by atoms with Crippen molar-refractivity contribution in [2.45, 2.75) is 18.2 Å². The standard InChI is InChI=1S/C15H11BrF2N2O2S/c1-9-2-4-12(5-3-9)23(21,22)20-13(14(17)18)7-10-6-11(16)8-19-15(10)20/h2-8,14H,1H3. The van der Waals surface area contributed by atoms with Gasteiger partial charge in [-0.2, -0.15) is 0 Å². The van der Waals surface area contributed by atoms with E-state index in [0.29, 0.717) is 13.8 Å². The van der Waals surface area contributed by atoms with Crippen molar-refractivity contribution in [3.63, 3.8) is 0 Å². The van der Waals surface area contributed by atoms with Crippen LogP contribution in [0.1, 0.15) is 17.7 Å². The number of aromatic nitrogens is 2. The van der Waals surface area contributed by atoms with Crippen molar-refractivity contribution in [3.8, 4) is 0 Å². The molecule has 0 saturated heterocycles. The van der Waals surface area contributed by atoms with Crippen molar-refractivity contribution in [3.05, 3.63) is 58.3 Å². The predicted molar refractivity (Wildman–Crippen MR) is 86.2 cm³/mol. The second-order valence-electron chi connectivity index (χ2n) is 5.02. The second kappa shape index (κ2) is 5.68. The molecule has 120 valence electrons. The number of hydrogen-bond donors (Lipinski definition) is 0. The van der Waals surface area contributed by atoms with Gasteiger partial charge in [-0.25, -0.2) is 26.2 Å². The van der Waals surface area contributed by atoms with Gasteiger partial charge >= 0.3 is 0 Å². The quantitative estimate of drug-likeness (QED) is 0.658. The molecule has 3 rings (SSSR count). The van der Waals surface area contributed by atoms with Crippen LogP contribution in [-0.2, 0) is 10.0 Å². The number of pyridine rings is 1. The Kier molecular flexibility index (Phi) is 3.97. The van der Waals surface area contributed by atoms with Crippen LogP contribution in [0.5, 0.6) is 0 Å². The molecule has 3 aromatic rings. The van der Waals surface area contributed by atoms with Crippen LogP contribution in [0.3, 0.4) is 0 Å². The van der Waals surface area contributed by atoms with E-state index in [-0.39, 0.29) is 10.5 Å². The van der Waals surface area contributed by atoms with Gasteiger partial charge in [0, 0.05) is 16.1 Å². The third-order valence-corrected chi connectivity index (χ3v) is 5.54. The minimum atomic E-state index is -4.17. The van der Waals surface area contributed by atoms with Gasteiger partial charge in [0.2, 0.25) is 0 Å². The zero-order valence-corrected chi connectivity index (χ0v) is 14.3. The third-order valence-electron chi connectivity index (χ3n) is 3.37. The van der Waals surface area contributed by atoms with Gasteiger partial charge in [0.25, 0.3) is 16.4 Å². The van der Waals surface area contributed by atoms with Crippen molar-refractivity contribution in [2.75, 3.05) is 0 Å². The summed E-state index contributed by atoms with van der Waals surface area (Å²) >= 11 is 3.20. The molecule has 23 heavy (non-hydrogen) atoms. The molecule has 2 aromatic heterocycles. The fourth-order valence-electron chi connectivity index (χ4n) is 2.28. The molecule has 0 unspecified atom stereocenters. The lowest BCUT2D eigenvalue weighted by Gasteiger charge is -2.11. The molecule has 0 spiro atoms. The van der Waals surface area contributed by atoms with Crippen LogP contribution in [0.4, 0.5) is 8.78 Å². The molecule has 0 fully saturated rings.